The Labute approximate surface area is 105 Å². The molecule has 0 atom stereocenters. The van der Waals surface area contributed by atoms with Gasteiger partial charge in [0.05, 0.1) is 23.5 Å². The van der Waals surface area contributed by atoms with E-state index in [2.05, 4.69) is 5.10 Å². The van der Waals surface area contributed by atoms with E-state index in [1.54, 1.807) is 6.20 Å². The lowest BCUT2D eigenvalue weighted by molar-refractivity contribution is 0.665. The summed E-state index contributed by atoms with van der Waals surface area (Å²) in [6.45, 7) is 2.59. The fourth-order valence-electron chi connectivity index (χ4n) is 1.55. The normalized spacial score (nSPS) is 10.5. The Morgan fingerprint density at radius 2 is 2.06 bits per heavy atom. The fourth-order valence-corrected chi connectivity index (χ4v) is 1.69. The van der Waals surface area contributed by atoms with Crippen LogP contribution in [0.15, 0.2) is 30.5 Å². The Morgan fingerprint density at radius 3 is 2.53 bits per heavy atom. The molecule has 88 valence electrons. The highest BCUT2D eigenvalue weighted by Gasteiger charge is 2.04. The molecular weight excluding hydrogens is 236 g/mol. The maximum absolute atomic E-state index is 7.31. The molecule has 0 aliphatic rings. The lowest BCUT2D eigenvalue weighted by Gasteiger charge is -2.05. The van der Waals surface area contributed by atoms with Crippen molar-refractivity contribution >= 4 is 17.4 Å². The van der Waals surface area contributed by atoms with Gasteiger partial charge < -0.3 is 5.73 Å². The minimum absolute atomic E-state index is 0.0786. The number of hydrogen-bond donors (Lipinski definition) is 2. The van der Waals surface area contributed by atoms with Gasteiger partial charge in [-0.3, -0.25) is 10.1 Å². The van der Waals surface area contributed by atoms with Crippen molar-refractivity contribution in [2.24, 2.45) is 5.73 Å². The molecule has 0 saturated heterocycles. The Hall–Kier alpha value is -1.81. The van der Waals surface area contributed by atoms with Crippen molar-refractivity contribution in [1.82, 2.24) is 9.78 Å². The van der Waals surface area contributed by atoms with Crippen LogP contribution in [0.25, 0.3) is 0 Å². The van der Waals surface area contributed by atoms with Gasteiger partial charge in [0.25, 0.3) is 0 Å². The van der Waals surface area contributed by atoms with Gasteiger partial charge >= 0.3 is 0 Å². The average molecular weight is 249 g/mol. The number of amidine groups is 1. The highest BCUT2D eigenvalue weighted by Crippen LogP contribution is 2.15. The van der Waals surface area contributed by atoms with Crippen LogP contribution in [0.1, 0.15) is 16.8 Å². The maximum atomic E-state index is 7.31. The van der Waals surface area contributed by atoms with E-state index in [4.69, 9.17) is 22.7 Å². The SMILES string of the molecule is Cc1c(Cl)cnn1Cc1ccc(C(=N)N)cc1. The molecule has 4 nitrogen and oxygen atoms in total. The molecule has 1 aromatic heterocycles. The highest BCUT2D eigenvalue weighted by atomic mass is 35.5. The van der Waals surface area contributed by atoms with E-state index in [0.717, 1.165) is 16.8 Å². The Bertz CT molecular complexity index is 542. The van der Waals surface area contributed by atoms with Crippen molar-refractivity contribution in [3.8, 4) is 0 Å². The quantitative estimate of drug-likeness (QED) is 0.646. The van der Waals surface area contributed by atoms with Crippen LogP contribution in [0, 0.1) is 12.3 Å². The monoisotopic (exact) mass is 248 g/mol. The number of nitrogens with two attached hydrogens (primary N) is 1. The molecule has 0 fully saturated rings. The summed E-state index contributed by atoms with van der Waals surface area (Å²) in [5, 5.41) is 12.2. The second-order valence-corrected chi connectivity index (χ2v) is 4.25. The topological polar surface area (TPSA) is 67.7 Å². The molecule has 17 heavy (non-hydrogen) atoms. The summed E-state index contributed by atoms with van der Waals surface area (Å²) in [7, 11) is 0. The van der Waals surface area contributed by atoms with E-state index < -0.39 is 0 Å². The number of rotatable bonds is 3. The van der Waals surface area contributed by atoms with Gasteiger partial charge in [-0.15, -0.1) is 0 Å². The average Bonchev–Trinajstić information content (AvgIpc) is 2.62. The molecule has 0 amide bonds. The van der Waals surface area contributed by atoms with E-state index in [0.29, 0.717) is 11.6 Å². The molecule has 1 heterocycles. The van der Waals surface area contributed by atoms with E-state index in [1.807, 2.05) is 35.9 Å². The van der Waals surface area contributed by atoms with Gasteiger partial charge in [-0.25, -0.2) is 0 Å². The lowest BCUT2D eigenvalue weighted by atomic mass is 10.1. The zero-order valence-corrected chi connectivity index (χ0v) is 10.2. The molecular formula is C12H13ClN4. The van der Waals surface area contributed by atoms with Gasteiger partial charge in [-0.2, -0.15) is 5.10 Å². The van der Waals surface area contributed by atoms with Crippen LogP contribution in [0.3, 0.4) is 0 Å². The van der Waals surface area contributed by atoms with Crippen LogP contribution in [-0.2, 0) is 6.54 Å². The first-order valence-corrected chi connectivity index (χ1v) is 5.57. The minimum Gasteiger partial charge on any atom is -0.384 e. The Balaban J connectivity index is 2.19. The predicted octanol–water partition coefficient (Wildman–Crippen LogP) is 2.18. The first-order chi connectivity index (χ1) is 8.08. The lowest BCUT2D eigenvalue weighted by Crippen LogP contribution is -2.11. The summed E-state index contributed by atoms with van der Waals surface area (Å²) in [4.78, 5) is 0. The van der Waals surface area contributed by atoms with Gasteiger partial charge in [0.2, 0.25) is 0 Å². The second-order valence-electron chi connectivity index (χ2n) is 3.85. The number of hydrogen-bond acceptors (Lipinski definition) is 2. The molecule has 0 unspecified atom stereocenters. The van der Waals surface area contributed by atoms with Crippen LogP contribution >= 0.6 is 11.6 Å². The van der Waals surface area contributed by atoms with Gasteiger partial charge in [-0.1, -0.05) is 35.9 Å². The zero-order valence-electron chi connectivity index (χ0n) is 9.44. The first-order valence-electron chi connectivity index (χ1n) is 5.19. The molecule has 0 spiro atoms. The Kier molecular flexibility index (Phi) is 3.15. The highest BCUT2D eigenvalue weighted by molar-refractivity contribution is 6.31. The van der Waals surface area contributed by atoms with Crippen LogP contribution in [0.4, 0.5) is 0 Å². The van der Waals surface area contributed by atoms with Crippen LogP contribution < -0.4 is 5.73 Å². The van der Waals surface area contributed by atoms with E-state index >= 15 is 0 Å². The largest absolute Gasteiger partial charge is 0.384 e. The number of nitrogens with one attached hydrogen (secondary N) is 1. The van der Waals surface area contributed by atoms with Gasteiger partial charge in [-0.05, 0) is 12.5 Å². The summed E-state index contributed by atoms with van der Waals surface area (Å²) in [5.74, 6) is 0.0786. The number of halogens is 1. The summed E-state index contributed by atoms with van der Waals surface area (Å²) < 4.78 is 1.84. The molecule has 1 aromatic carbocycles. The third kappa shape index (κ3) is 2.47. The first kappa shape index (κ1) is 11.7. The molecule has 0 bridgehead atoms. The minimum atomic E-state index is 0.0786. The van der Waals surface area contributed by atoms with E-state index in [9.17, 15) is 0 Å². The molecule has 2 rings (SSSR count). The number of aromatic nitrogens is 2. The van der Waals surface area contributed by atoms with Gasteiger partial charge in [0.15, 0.2) is 0 Å². The number of nitrogens with zero attached hydrogens (tertiary/aromatic N) is 2. The second kappa shape index (κ2) is 4.59. The molecule has 0 aliphatic carbocycles. The van der Waals surface area contributed by atoms with Gasteiger partial charge in [0, 0.05) is 5.56 Å². The van der Waals surface area contributed by atoms with Crippen molar-refractivity contribution in [2.45, 2.75) is 13.5 Å². The van der Waals surface area contributed by atoms with Crippen molar-refractivity contribution in [1.29, 1.82) is 5.41 Å². The standard InChI is InChI=1S/C12H13ClN4/c1-8-11(13)6-16-17(8)7-9-2-4-10(5-3-9)12(14)15/h2-6H,7H2,1H3,(H3,14,15). The van der Waals surface area contributed by atoms with E-state index in [1.165, 1.54) is 0 Å². The smallest absolute Gasteiger partial charge is 0.122 e. The van der Waals surface area contributed by atoms with Crippen molar-refractivity contribution in [2.75, 3.05) is 0 Å². The predicted molar refractivity (Wildman–Crippen MR) is 68.5 cm³/mol. The summed E-state index contributed by atoms with van der Waals surface area (Å²) in [5.41, 5.74) is 8.16. The Morgan fingerprint density at radius 1 is 1.41 bits per heavy atom. The molecule has 0 radical (unpaired) electrons. The molecule has 0 aliphatic heterocycles. The summed E-state index contributed by atoms with van der Waals surface area (Å²) >= 11 is 5.93. The van der Waals surface area contributed by atoms with E-state index in [-0.39, 0.29) is 5.84 Å². The maximum Gasteiger partial charge on any atom is 0.122 e. The van der Waals surface area contributed by atoms with Crippen LogP contribution in [0.5, 0.6) is 0 Å². The van der Waals surface area contributed by atoms with Gasteiger partial charge in [0.1, 0.15) is 5.84 Å². The molecule has 5 heteroatoms. The van der Waals surface area contributed by atoms with Crippen molar-refractivity contribution in [3.05, 3.63) is 52.3 Å². The summed E-state index contributed by atoms with van der Waals surface area (Å²) in [6.07, 6.45) is 1.64. The molecule has 2 aromatic rings. The van der Waals surface area contributed by atoms with Crippen molar-refractivity contribution < 1.29 is 0 Å². The number of benzene rings is 1. The molecule has 0 saturated carbocycles. The fraction of sp³-hybridized carbons (Fsp3) is 0.167. The third-order valence-electron chi connectivity index (χ3n) is 2.64. The zero-order chi connectivity index (χ0) is 12.4. The third-order valence-corrected chi connectivity index (χ3v) is 3.01. The summed E-state index contributed by atoms with van der Waals surface area (Å²) in [6, 6.07) is 7.54. The molecule has 3 N–H and O–H groups in total. The number of nitrogen functional groups attached to an aromatic ring is 1. The van der Waals surface area contributed by atoms with Crippen LogP contribution in [0.2, 0.25) is 5.02 Å². The van der Waals surface area contributed by atoms with Crippen LogP contribution in [-0.4, -0.2) is 15.6 Å². The van der Waals surface area contributed by atoms with Crippen molar-refractivity contribution in [3.63, 3.8) is 0 Å².